The van der Waals surface area contributed by atoms with E-state index in [0.717, 1.165) is 39.0 Å². The van der Waals surface area contributed by atoms with Crippen LogP contribution in [0.5, 0.6) is 0 Å². The van der Waals surface area contributed by atoms with E-state index in [9.17, 15) is 4.79 Å². The molecule has 0 aromatic heterocycles. The minimum Gasteiger partial charge on any atom is -0.368 e. The molecule has 5 heteroatoms. The van der Waals surface area contributed by atoms with Crippen LogP contribution in [0, 0.1) is 0 Å². The van der Waals surface area contributed by atoms with E-state index < -0.39 is 5.54 Å². The Balaban J connectivity index is 2.42. The van der Waals surface area contributed by atoms with Gasteiger partial charge in [-0.3, -0.25) is 4.79 Å². The summed E-state index contributed by atoms with van der Waals surface area (Å²) < 4.78 is 0. The Morgan fingerprint density at radius 3 is 2.62 bits per heavy atom. The Labute approximate surface area is 130 Å². The molecule has 124 valence electrons. The predicted octanol–water partition coefficient (Wildman–Crippen LogP) is 1.03. The third kappa shape index (κ3) is 5.57. The fraction of sp³-hybridized carbons (Fsp3) is 0.938. The lowest BCUT2D eigenvalue weighted by Crippen LogP contribution is -2.56. The Hall–Kier alpha value is -0.650. The van der Waals surface area contributed by atoms with E-state index >= 15 is 0 Å². The lowest BCUT2D eigenvalue weighted by atomic mass is 9.93. The van der Waals surface area contributed by atoms with Gasteiger partial charge in [-0.1, -0.05) is 6.92 Å². The molecule has 5 nitrogen and oxygen atoms in total. The van der Waals surface area contributed by atoms with Crippen molar-refractivity contribution >= 4 is 5.91 Å². The van der Waals surface area contributed by atoms with Crippen molar-refractivity contribution in [3.05, 3.63) is 0 Å². The van der Waals surface area contributed by atoms with Crippen LogP contribution in [0.25, 0.3) is 0 Å². The van der Waals surface area contributed by atoms with E-state index in [-0.39, 0.29) is 11.9 Å². The van der Waals surface area contributed by atoms with Crippen LogP contribution < -0.4 is 11.1 Å². The zero-order valence-corrected chi connectivity index (χ0v) is 14.5. The highest BCUT2D eigenvalue weighted by atomic mass is 16.1. The predicted molar refractivity (Wildman–Crippen MR) is 88.3 cm³/mol. The Bertz CT molecular complexity index is 334. The molecule has 0 bridgehead atoms. The largest absolute Gasteiger partial charge is 0.368 e. The third-order valence-electron chi connectivity index (χ3n) is 4.63. The molecular weight excluding hydrogens is 264 g/mol. The number of hydrogen-bond donors (Lipinski definition) is 2. The number of amides is 1. The standard InChI is InChI=1S/C16H34N4O/c1-6-14-12-20(11-10-19(14)5)9-7-8-16(4,15(17)21)18-13(2)3/h13-14,18H,6-12H2,1-5H3,(H2,17,21). The van der Waals surface area contributed by atoms with Gasteiger partial charge in [-0.25, -0.2) is 0 Å². The van der Waals surface area contributed by atoms with Gasteiger partial charge in [-0.05, 0) is 53.6 Å². The maximum atomic E-state index is 11.7. The van der Waals surface area contributed by atoms with Crippen LogP contribution >= 0.6 is 0 Å². The van der Waals surface area contributed by atoms with Crippen LogP contribution in [0.1, 0.15) is 47.0 Å². The van der Waals surface area contributed by atoms with Gasteiger partial charge in [0.25, 0.3) is 0 Å². The minimum absolute atomic E-state index is 0.249. The monoisotopic (exact) mass is 298 g/mol. The van der Waals surface area contributed by atoms with Crippen molar-refractivity contribution in [1.82, 2.24) is 15.1 Å². The lowest BCUT2D eigenvalue weighted by molar-refractivity contribution is -0.124. The Kier molecular flexibility index (Phi) is 7.10. The first-order valence-corrected chi connectivity index (χ1v) is 8.28. The average molecular weight is 298 g/mol. The van der Waals surface area contributed by atoms with Crippen LogP contribution in [0.4, 0.5) is 0 Å². The highest BCUT2D eigenvalue weighted by Gasteiger charge is 2.31. The van der Waals surface area contributed by atoms with E-state index in [0.29, 0.717) is 6.04 Å². The van der Waals surface area contributed by atoms with Crippen molar-refractivity contribution in [3.63, 3.8) is 0 Å². The van der Waals surface area contributed by atoms with Gasteiger partial charge < -0.3 is 20.9 Å². The summed E-state index contributed by atoms with van der Waals surface area (Å²) in [6.07, 6.45) is 2.99. The molecule has 3 N–H and O–H groups in total. The SMILES string of the molecule is CCC1CN(CCCC(C)(NC(C)C)C(N)=O)CCN1C. The van der Waals surface area contributed by atoms with Crippen LogP contribution in [0.3, 0.4) is 0 Å². The van der Waals surface area contributed by atoms with Gasteiger partial charge in [-0.2, -0.15) is 0 Å². The molecule has 0 aromatic rings. The van der Waals surface area contributed by atoms with E-state index in [1.54, 1.807) is 0 Å². The van der Waals surface area contributed by atoms with Crippen LogP contribution in [-0.2, 0) is 4.79 Å². The number of nitrogens with zero attached hydrogens (tertiary/aromatic N) is 2. The molecule has 0 aliphatic carbocycles. The molecule has 21 heavy (non-hydrogen) atoms. The summed E-state index contributed by atoms with van der Waals surface area (Å²) in [7, 11) is 2.21. The average Bonchev–Trinajstić information content (AvgIpc) is 2.39. The number of primary amides is 1. The second-order valence-corrected chi connectivity index (χ2v) is 6.94. The molecule has 0 spiro atoms. The summed E-state index contributed by atoms with van der Waals surface area (Å²) in [5.74, 6) is -0.249. The normalized spacial score (nSPS) is 24.2. The first-order chi connectivity index (χ1) is 9.78. The zero-order chi connectivity index (χ0) is 16.0. The summed E-state index contributed by atoms with van der Waals surface area (Å²) in [6, 6.07) is 0.922. The molecule has 1 amide bonds. The van der Waals surface area contributed by atoms with Crippen molar-refractivity contribution in [2.24, 2.45) is 5.73 Å². The molecule has 1 saturated heterocycles. The summed E-state index contributed by atoms with van der Waals surface area (Å²) in [5, 5.41) is 3.32. The summed E-state index contributed by atoms with van der Waals surface area (Å²) in [4.78, 5) is 16.7. The second kappa shape index (κ2) is 8.11. The van der Waals surface area contributed by atoms with Crippen molar-refractivity contribution in [2.45, 2.75) is 64.6 Å². The maximum absolute atomic E-state index is 11.7. The molecule has 0 radical (unpaired) electrons. The Morgan fingerprint density at radius 1 is 1.43 bits per heavy atom. The van der Waals surface area contributed by atoms with E-state index in [4.69, 9.17) is 5.73 Å². The van der Waals surface area contributed by atoms with Gasteiger partial charge in [0.2, 0.25) is 5.91 Å². The van der Waals surface area contributed by atoms with Gasteiger partial charge in [0.05, 0.1) is 5.54 Å². The number of piperazine rings is 1. The fourth-order valence-corrected chi connectivity index (χ4v) is 3.21. The molecule has 0 aromatic carbocycles. The highest BCUT2D eigenvalue weighted by Crippen LogP contribution is 2.16. The van der Waals surface area contributed by atoms with Crippen molar-refractivity contribution in [3.8, 4) is 0 Å². The van der Waals surface area contributed by atoms with Crippen LogP contribution in [-0.4, -0.2) is 66.6 Å². The smallest absolute Gasteiger partial charge is 0.237 e. The number of likely N-dealkylation sites (N-methyl/N-ethyl adjacent to an activating group) is 1. The summed E-state index contributed by atoms with van der Waals surface area (Å²) in [6.45, 7) is 12.7. The first-order valence-electron chi connectivity index (χ1n) is 8.28. The molecule has 0 saturated carbocycles. The number of hydrogen-bond acceptors (Lipinski definition) is 4. The molecule has 2 unspecified atom stereocenters. The number of carbonyl (C=O) groups is 1. The highest BCUT2D eigenvalue weighted by molar-refractivity contribution is 5.84. The molecule has 1 aliphatic heterocycles. The molecule has 1 rings (SSSR count). The van der Waals surface area contributed by atoms with E-state index in [2.05, 4.69) is 29.1 Å². The minimum atomic E-state index is -0.592. The Morgan fingerprint density at radius 2 is 2.10 bits per heavy atom. The van der Waals surface area contributed by atoms with Gasteiger partial charge in [-0.15, -0.1) is 0 Å². The van der Waals surface area contributed by atoms with Gasteiger partial charge in [0.1, 0.15) is 0 Å². The van der Waals surface area contributed by atoms with Crippen molar-refractivity contribution in [1.29, 1.82) is 0 Å². The molecule has 1 heterocycles. The van der Waals surface area contributed by atoms with E-state index in [1.165, 1.54) is 6.42 Å². The van der Waals surface area contributed by atoms with Gasteiger partial charge in [0, 0.05) is 31.7 Å². The number of rotatable bonds is 8. The lowest BCUT2D eigenvalue weighted by Gasteiger charge is -2.39. The topological polar surface area (TPSA) is 61.6 Å². The van der Waals surface area contributed by atoms with Gasteiger partial charge >= 0.3 is 0 Å². The molecule has 1 aliphatic rings. The molecule has 1 fully saturated rings. The molecular formula is C16H34N4O. The van der Waals surface area contributed by atoms with Crippen LogP contribution in [0.15, 0.2) is 0 Å². The van der Waals surface area contributed by atoms with Crippen molar-refractivity contribution < 1.29 is 4.79 Å². The van der Waals surface area contributed by atoms with Crippen LogP contribution in [0.2, 0.25) is 0 Å². The third-order valence-corrected chi connectivity index (χ3v) is 4.63. The maximum Gasteiger partial charge on any atom is 0.237 e. The quantitative estimate of drug-likeness (QED) is 0.703. The number of nitrogens with one attached hydrogen (secondary N) is 1. The fourth-order valence-electron chi connectivity index (χ4n) is 3.21. The zero-order valence-electron chi connectivity index (χ0n) is 14.5. The van der Waals surface area contributed by atoms with Gasteiger partial charge in [0.15, 0.2) is 0 Å². The van der Waals surface area contributed by atoms with Crippen molar-refractivity contribution in [2.75, 3.05) is 33.2 Å². The number of nitrogens with two attached hydrogens (primary N) is 1. The molecule has 2 atom stereocenters. The number of carbonyl (C=O) groups excluding carboxylic acids is 1. The van der Waals surface area contributed by atoms with E-state index in [1.807, 2.05) is 20.8 Å². The summed E-state index contributed by atoms with van der Waals surface area (Å²) in [5.41, 5.74) is 4.99. The first kappa shape index (κ1) is 18.4. The summed E-state index contributed by atoms with van der Waals surface area (Å²) >= 11 is 0. The second-order valence-electron chi connectivity index (χ2n) is 6.94.